The second-order valence-electron chi connectivity index (χ2n) is 5.57. The van der Waals surface area contributed by atoms with Gasteiger partial charge in [-0.3, -0.25) is 10.1 Å². The van der Waals surface area contributed by atoms with Crippen LogP contribution in [0, 0.1) is 0 Å². The molecule has 1 aromatic carbocycles. The molecular weight excluding hydrogens is 280 g/mol. The Morgan fingerprint density at radius 2 is 1.90 bits per heavy atom. The molecule has 0 saturated carbocycles. The largest absolute Gasteiger partial charge is 0.322 e. The number of unbranched alkanes of at least 4 members (excludes halogenated alkanes) is 1. The van der Waals surface area contributed by atoms with Gasteiger partial charge in [0.05, 0.1) is 6.04 Å². The molecule has 2 atom stereocenters. The maximum absolute atomic E-state index is 12.6. The lowest BCUT2D eigenvalue weighted by atomic mass is 10.1. The van der Waals surface area contributed by atoms with Crippen LogP contribution in [-0.2, 0) is 4.79 Å². The highest BCUT2D eigenvalue weighted by Gasteiger charge is 2.38. The molecule has 3 nitrogen and oxygen atoms in total. The van der Waals surface area contributed by atoms with Gasteiger partial charge < -0.3 is 4.90 Å². The molecule has 1 amide bonds. The molecule has 21 heavy (non-hydrogen) atoms. The van der Waals surface area contributed by atoms with Gasteiger partial charge in [-0.2, -0.15) is 0 Å². The summed E-state index contributed by atoms with van der Waals surface area (Å²) in [5.41, 5.74) is 1.19. The van der Waals surface area contributed by atoms with E-state index < -0.39 is 0 Å². The van der Waals surface area contributed by atoms with Crippen LogP contribution in [0.4, 0.5) is 0 Å². The van der Waals surface area contributed by atoms with Crippen molar-refractivity contribution in [1.29, 1.82) is 0 Å². The number of rotatable bonds is 7. The average Bonchev–Trinajstić information content (AvgIpc) is 2.82. The van der Waals surface area contributed by atoms with Gasteiger partial charge in [0.2, 0.25) is 5.91 Å². The molecular formula is C17H26N2OS. The van der Waals surface area contributed by atoms with E-state index in [1.54, 1.807) is 11.8 Å². The fourth-order valence-electron chi connectivity index (χ4n) is 2.80. The number of nitrogens with zero attached hydrogens (tertiary/aromatic N) is 1. The van der Waals surface area contributed by atoms with Crippen molar-refractivity contribution >= 4 is 17.7 Å². The van der Waals surface area contributed by atoms with Crippen LogP contribution in [0.5, 0.6) is 0 Å². The minimum atomic E-state index is -0.0166. The monoisotopic (exact) mass is 306 g/mol. The topological polar surface area (TPSA) is 32.3 Å². The van der Waals surface area contributed by atoms with Gasteiger partial charge in [-0.25, -0.2) is 0 Å². The Morgan fingerprint density at radius 1 is 1.19 bits per heavy atom. The lowest BCUT2D eigenvalue weighted by Crippen LogP contribution is -2.32. The number of hydrogen-bond acceptors (Lipinski definition) is 3. The first kappa shape index (κ1) is 16.4. The third-order valence-electron chi connectivity index (χ3n) is 4.01. The molecule has 2 unspecified atom stereocenters. The maximum Gasteiger partial charge on any atom is 0.241 e. The second kappa shape index (κ2) is 7.85. The van der Waals surface area contributed by atoms with Crippen LogP contribution in [0.3, 0.4) is 0 Å². The average molecular weight is 306 g/mol. The van der Waals surface area contributed by atoms with Crippen molar-refractivity contribution in [3.05, 3.63) is 29.8 Å². The highest BCUT2D eigenvalue weighted by Crippen LogP contribution is 2.28. The zero-order valence-electron chi connectivity index (χ0n) is 13.3. The lowest BCUT2D eigenvalue weighted by Gasteiger charge is -2.24. The fraction of sp³-hybridized carbons (Fsp3) is 0.588. The van der Waals surface area contributed by atoms with Gasteiger partial charge in [-0.1, -0.05) is 38.8 Å². The molecule has 1 aliphatic rings. The molecule has 4 heteroatoms. The van der Waals surface area contributed by atoms with E-state index >= 15 is 0 Å². The van der Waals surface area contributed by atoms with E-state index in [2.05, 4.69) is 49.7 Å². The summed E-state index contributed by atoms with van der Waals surface area (Å²) in [7, 11) is 0. The van der Waals surface area contributed by atoms with E-state index in [0.29, 0.717) is 0 Å². The molecule has 1 saturated heterocycles. The number of carbonyl (C=O) groups is 1. The van der Waals surface area contributed by atoms with E-state index in [1.165, 1.54) is 10.5 Å². The van der Waals surface area contributed by atoms with Gasteiger partial charge in [0.25, 0.3) is 0 Å². The maximum atomic E-state index is 12.6. The first-order valence-electron chi connectivity index (χ1n) is 7.91. The Bertz CT molecular complexity index is 460. The van der Waals surface area contributed by atoms with E-state index in [-0.39, 0.29) is 18.1 Å². The molecule has 1 fully saturated rings. The van der Waals surface area contributed by atoms with Crippen molar-refractivity contribution in [3.63, 3.8) is 0 Å². The minimum Gasteiger partial charge on any atom is -0.322 e. The van der Waals surface area contributed by atoms with Crippen molar-refractivity contribution in [2.24, 2.45) is 0 Å². The Hall–Kier alpha value is -1.00. The predicted octanol–water partition coefficient (Wildman–Crippen LogP) is 3.81. The second-order valence-corrected chi connectivity index (χ2v) is 6.45. The summed E-state index contributed by atoms with van der Waals surface area (Å²) in [6.07, 6.45) is 6.24. The third kappa shape index (κ3) is 3.80. The number of thioether (sulfide) groups is 1. The van der Waals surface area contributed by atoms with E-state index in [9.17, 15) is 4.79 Å². The normalized spacial score (nSPS) is 22.0. The Balaban J connectivity index is 2.18. The minimum absolute atomic E-state index is 0.0166. The summed E-state index contributed by atoms with van der Waals surface area (Å²) in [6, 6.07) is 8.54. The fourth-order valence-corrected chi connectivity index (χ4v) is 3.21. The molecule has 2 rings (SSSR count). The van der Waals surface area contributed by atoms with Crippen molar-refractivity contribution in [1.82, 2.24) is 10.2 Å². The Kier molecular flexibility index (Phi) is 6.12. The number of nitrogens with one attached hydrogen (secondary N) is 1. The third-order valence-corrected chi connectivity index (χ3v) is 4.76. The van der Waals surface area contributed by atoms with Gasteiger partial charge in [0, 0.05) is 11.4 Å². The van der Waals surface area contributed by atoms with Crippen molar-refractivity contribution in [3.8, 4) is 0 Å². The van der Waals surface area contributed by atoms with Gasteiger partial charge in [0.1, 0.15) is 6.17 Å². The SMILES string of the molecule is CCCCN1C(=O)C(CCC)NC1c1ccc(SC)cc1. The summed E-state index contributed by atoms with van der Waals surface area (Å²) in [6.45, 7) is 5.14. The molecule has 116 valence electrons. The molecule has 0 aromatic heterocycles. The number of amides is 1. The molecule has 1 aromatic rings. The van der Waals surface area contributed by atoms with Crippen LogP contribution in [0.2, 0.25) is 0 Å². The molecule has 0 radical (unpaired) electrons. The molecule has 1 aliphatic heterocycles. The van der Waals surface area contributed by atoms with Crippen LogP contribution >= 0.6 is 11.8 Å². The Morgan fingerprint density at radius 3 is 2.48 bits per heavy atom. The van der Waals surface area contributed by atoms with Crippen LogP contribution in [0.15, 0.2) is 29.2 Å². The zero-order valence-corrected chi connectivity index (χ0v) is 14.1. The first-order valence-corrected chi connectivity index (χ1v) is 9.14. The molecule has 1 N–H and O–H groups in total. The van der Waals surface area contributed by atoms with Gasteiger partial charge in [-0.15, -0.1) is 11.8 Å². The smallest absolute Gasteiger partial charge is 0.241 e. The van der Waals surface area contributed by atoms with Crippen molar-refractivity contribution < 1.29 is 4.79 Å². The van der Waals surface area contributed by atoms with Gasteiger partial charge in [-0.05, 0) is 36.8 Å². The molecule has 0 bridgehead atoms. The van der Waals surface area contributed by atoms with Crippen molar-refractivity contribution in [2.75, 3.05) is 12.8 Å². The summed E-state index contributed by atoms with van der Waals surface area (Å²) < 4.78 is 0. The molecule has 1 heterocycles. The zero-order chi connectivity index (χ0) is 15.2. The van der Waals surface area contributed by atoms with Gasteiger partial charge in [0.15, 0.2) is 0 Å². The van der Waals surface area contributed by atoms with E-state index in [4.69, 9.17) is 0 Å². The Labute approximate surface area is 132 Å². The summed E-state index contributed by atoms with van der Waals surface area (Å²) in [4.78, 5) is 15.9. The van der Waals surface area contributed by atoms with Crippen LogP contribution < -0.4 is 5.32 Å². The molecule has 0 aliphatic carbocycles. The van der Waals surface area contributed by atoms with Crippen LogP contribution in [0.1, 0.15) is 51.3 Å². The van der Waals surface area contributed by atoms with E-state index in [0.717, 1.165) is 32.2 Å². The van der Waals surface area contributed by atoms with Crippen LogP contribution in [0.25, 0.3) is 0 Å². The number of benzene rings is 1. The summed E-state index contributed by atoms with van der Waals surface area (Å²) in [5.74, 6) is 0.268. The summed E-state index contributed by atoms with van der Waals surface area (Å²) in [5, 5.41) is 3.52. The number of hydrogen-bond donors (Lipinski definition) is 1. The number of carbonyl (C=O) groups excluding carboxylic acids is 1. The highest BCUT2D eigenvalue weighted by molar-refractivity contribution is 7.98. The predicted molar refractivity (Wildman–Crippen MR) is 89.4 cm³/mol. The standard InChI is InChI=1S/C17H26N2OS/c1-4-6-12-19-16(18-15(7-5-2)17(19)20)13-8-10-14(21-3)11-9-13/h8-11,15-16,18H,4-7,12H2,1-3H3. The first-order chi connectivity index (χ1) is 10.2. The quantitative estimate of drug-likeness (QED) is 0.778. The van der Waals surface area contributed by atoms with Crippen molar-refractivity contribution in [2.45, 2.75) is 56.6 Å². The van der Waals surface area contributed by atoms with Crippen LogP contribution in [-0.4, -0.2) is 29.6 Å². The van der Waals surface area contributed by atoms with Gasteiger partial charge >= 0.3 is 0 Å². The highest BCUT2D eigenvalue weighted by atomic mass is 32.2. The lowest BCUT2D eigenvalue weighted by molar-refractivity contribution is -0.130. The summed E-state index contributed by atoms with van der Waals surface area (Å²) >= 11 is 1.74. The van der Waals surface area contributed by atoms with E-state index in [1.807, 2.05) is 4.90 Å². The molecule has 0 spiro atoms.